The van der Waals surface area contributed by atoms with Gasteiger partial charge in [0, 0.05) is 25.2 Å². The minimum atomic E-state index is -2.34. The van der Waals surface area contributed by atoms with Gasteiger partial charge in [0.15, 0.2) is 0 Å². The highest BCUT2D eigenvalue weighted by Gasteiger charge is 2.14. The first kappa shape index (κ1) is 16.4. The molecule has 0 saturated heterocycles. The highest BCUT2D eigenvalue weighted by atomic mass is 35.5. The molecule has 0 radical (unpaired) electrons. The first-order valence-electron chi connectivity index (χ1n) is 6.71. The van der Waals surface area contributed by atoms with Gasteiger partial charge in [-0.25, -0.2) is 8.78 Å². The molecule has 0 aliphatic rings. The lowest BCUT2D eigenvalue weighted by Crippen LogP contribution is -2.30. The molecule has 0 aliphatic carbocycles. The first-order chi connectivity index (χ1) is 9.10. The van der Waals surface area contributed by atoms with E-state index in [4.69, 9.17) is 11.6 Å². The van der Waals surface area contributed by atoms with Crippen LogP contribution in [0.25, 0.3) is 0 Å². The standard InChI is InChI=1S/C13H22ClF2N3/c1-3-12(4-2)19-7-5-11(17-19)9-18(8-6-14)10-13(15)16/h5,7,12-13H,3-4,6,8-10H2,1-2H3. The van der Waals surface area contributed by atoms with Gasteiger partial charge in [0.25, 0.3) is 6.43 Å². The number of nitrogens with zero attached hydrogens (tertiary/aromatic N) is 3. The van der Waals surface area contributed by atoms with E-state index >= 15 is 0 Å². The molecule has 0 amide bonds. The quantitative estimate of drug-likeness (QED) is 0.649. The van der Waals surface area contributed by atoms with Crippen LogP contribution in [0.1, 0.15) is 38.4 Å². The van der Waals surface area contributed by atoms with Crippen LogP contribution in [0.15, 0.2) is 12.3 Å². The molecule has 0 unspecified atom stereocenters. The molecule has 0 bridgehead atoms. The van der Waals surface area contributed by atoms with Gasteiger partial charge in [0.2, 0.25) is 0 Å². The molecule has 0 N–H and O–H groups in total. The van der Waals surface area contributed by atoms with Crippen LogP contribution in [0.3, 0.4) is 0 Å². The summed E-state index contributed by atoms with van der Waals surface area (Å²) in [4.78, 5) is 1.64. The van der Waals surface area contributed by atoms with E-state index in [1.54, 1.807) is 4.90 Å². The van der Waals surface area contributed by atoms with E-state index in [0.717, 1.165) is 18.5 Å². The first-order valence-corrected chi connectivity index (χ1v) is 7.24. The second kappa shape index (κ2) is 8.48. The van der Waals surface area contributed by atoms with Crippen molar-refractivity contribution in [2.24, 2.45) is 0 Å². The van der Waals surface area contributed by atoms with Gasteiger partial charge in [-0.2, -0.15) is 5.10 Å². The number of alkyl halides is 3. The fourth-order valence-corrected chi connectivity index (χ4v) is 2.35. The zero-order valence-corrected chi connectivity index (χ0v) is 12.3. The van der Waals surface area contributed by atoms with E-state index in [0.29, 0.717) is 25.0 Å². The van der Waals surface area contributed by atoms with Crippen LogP contribution < -0.4 is 0 Å². The minimum Gasteiger partial charge on any atom is -0.291 e. The third-order valence-electron chi connectivity index (χ3n) is 3.16. The summed E-state index contributed by atoms with van der Waals surface area (Å²) in [6.07, 6.45) is 1.61. The van der Waals surface area contributed by atoms with Crippen molar-refractivity contribution in [3.8, 4) is 0 Å². The highest BCUT2D eigenvalue weighted by molar-refractivity contribution is 6.18. The SMILES string of the molecule is CCC(CC)n1ccc(CN(CCCl)CC(F)F)n1. The zero-order chi connectivity index (χ0) is 14.3. The summed E-state index contributed by atoms with van der Waals surface area (Å²) < 4.78 is 26.8. The van der Waals surface area contributed by atoms with Crippen molar-refractivity contribution in [3.63, 3.8) is 0 Å². The van der Waals surface area contributed by atoms with Gasteiger partial charge in [0.1, 0.15) is 0 Å². The Morgan fingerprint density at radius 3 is 2.58 bits per heavy atom. The maximum Gasteiger partial charge on any atom is 0.251 e. The predicted molar refractivity (Wildman–Crippen MR) is 73.8 cm³/mol. The monoisotopic (exact) mass is 293 g/mol. The topological polar surface area (TPSA) is 21.1 Å². The van der Waals surface area contributed by atoms with Crippen LogP contribution in [0.2, 0.25) is 0 Å². The zero-order valence-electron chi connectivity index (χ0n) is 11.5. The van der Waals surface area contributed by atoms with Gasteiger partial charge >= 0.3 is 0 Å². The third kappa shape index (κ3) is 5.45. The Hall–Kier alpha value is -0.680. The van der Waals surface area contributed by atoms with Gasteiger partial charge in [-0.1, -0.05) is 13.8 Å². The molecule has 0 aromatic carbocycles. The lowest BCUT2D eigenvalue weighted by molar-refractivity contribution is 0.0871. The fraction of sp³-hybridized carbons (Fsp3) is 0.769. The molecule has 0 atom stereocenters. The van der Waals surface area contributed by atoms with Crippen LogP contribution in [0, 0.1) is 0 Å². The van der Waals surface area contributed by atoms with Gasteiger partial charge in [-0.05, 0) is 18.9 Å². The van der Waals surface area contributed by atoms with E-state index in [-0.39, 0.29) is 6.54 Å². The number of hydrogen-bond acceptors (Lipinski definition) is 2. The van der Waals surface area contributed by atoms with Gasteiger partial charge in [-0.15, -0.1) is 11.6 Å². The van der Waals surface area contributed by atoms with Gasteiger partial charge in [0.05, 0.1) is 18.3 Å². The van der Waals surface area contributed by atoms with Crippen LogP contribution in [0.5, 0.6) is 0 Å². The van der Waals surface area contributed by atoms with E-state index in [9.17, 15) is 8.78 Å². The largest absolute Gasteiger partial charge is 0.291 e. The minimum absolute atomic E-state index is 0.259. The summed E-state index contributed by atoms with van der Waals surface area (Å²) in [6.45, 7) is 4.84. The molecule has 0 spiro atoms. The van der Waals surface area contributed by atoms with Crippen molar-refractivity contribution < 1.29 is 8.78 Å². The van der Waals surface area contributed by atoms with E-state index < -0.39 is 6.43 Å². The second-order valence-electron chi connectivity index (χ2n) is 4.57. The van der Waals surface area contributed by atoms with Crippen molar-refractivity contribution in [2.75, 3.05) is 19.0 Å². The van der Waals surface area contributed by atoms with Crippen molar-refractivity contribution in [1.82, 2.24) is 14.7 Å². The summed E-state index contributed by atoms with van der Waals surface area (Å²) >= 11 is 5.63. The summed E-state index contributed by atoms with van der Waals surface area (Å²) in [5.41, 5.74) is 0.817. The molecular formula is C13H22ClF2N3. The van der Waals surface area contributed by atoms with Crippen LogP contribution in [-0.4, -0.2) is 40.1 Å². The Morgan fingerprint density at radius 2 is 2.05 bits per heavy atom. The lowest BCUT2D eigenvalue weighted by atomic mass is 10.2. The summed E-state index contributed by atoms with van der Waals surface area (Å²) in [6, 6.07) is 2.27. The molecule has 1 aromatic heterocycles. The number of hydrogen-bond donors (Lipinski definition) is 0. The molecule has 0 aliphatic heterocycles. The molecule has 0 fully saturated rings. The molecule has 110 valence electrons. The Bertz CT molecular complexity index is 353. The Kier molecular flexibility index (Phi) is 7.31. The smallest absolute Gasteiger partial charge is 0.251 e. The van der Waals surface area contributed by atoms with Crippen molar-refractivity contribution in [2.45, 2.75) is 45.7 Å². The summed E-state index contributed by atoms with van der Waals surface area (Å²) in [7, 11) is 0. The summed E-state index contributed by atoms with van der Waals surface area (Å²) in [5, 5.41) is 4.47. The maximum absolute atomic E-state index is 12.4. The normalized spacial score (nSPS) is 12.0. The van der Waals surface area contributed by atoms with Crippen molar-refractivity contribution in [3.05, 3.63) is 18.0 Å². The average Bonchev–Trinajstić information content (AvgIpc) is 2.78. The fourth-order valence-electron chi connectivity index (χ4n) is 2.11. The number of halogens is 3. The third-order valence-corrected chi connectivity index (χ3v) is 3.33. The Morgan fingerprint density at radius 1 is 1.37 bits per heavy atom. The Labute approximate surface area is 118 Å². The highest BCUT2D eigenvalue weighted by Crippen LogP contribution is 2.15. The van der Waals surface area contributed by atoms with E-state index in [2.05, 4.69) is 18.9 Å². The van der Waals surface area contributed by atoms with E-state index in [1.165, 1.54) is 0 Å². The molecule has 3 nitrogen and oxygen atoms in total. The molecule has 0 saturated carbocycles. The predicted octanol–water partition coefficient (Wildman–Crippen LogP) is 3.55. The van der Waals surface area contributed by atoms with Crippen LogP contribution in [0.4, 0.5) is 8.78 Å². The molecule has 1 aromatic rings. The van der Waals surface area contributed by atoms with E-state index in [1.807, 2.05) is 16.9 Å². The number of rotatable bonds is 9. The van der Waals surface area contributed by atoms with Crippen LogP contribution >= 0.6 is 11.6 Å². The van der Waals surface area contributed by atoms with Crippen molar-refractivity contribution >= 4 is 11.6 Å². The maximum atomic E-state index is 12.4. The number of aromatic nitrogens is 2. The molecule has 1 rings (SSSR count). The molecular weight excluding hydrogens is 272 g/mol. The van der Waals surface area contributed by atoms with Crippen LogP contribution in [-0.2, 0) is 6.54 Å². The summed E-state index contributed by atoms with van der Waals surface area (Å²) in [5.74, 6) is 0.347. The van der Waals surface area contributed by atoms with Gasteiger partial charge in [-0.3, -0.25) is 9.58 Å². The average molecular weight is 294 g/mol. The molecule has 19 heavy (non-hydrogen) atoms. The Balaban J connectivity index is 2.64. The molecule has 1 heterocycles. The lowest BCUT2D eigenvalue weighted by Gasteiger charge is -2.19. The van der Waals surface area contributed by atoms with Crippen molar-refractivity contribution in [1.29, 1.82) is 0 Å². The van der Waals surface area contributed by atoms with Gasteiger partial charge < -0.3 is 0 Å². The molecule has 6 heteroatoms. The second-order valence-corrected chi connectivity index (χ2v) is 4.95.